The third kappa shape index (κ3) is 5.09. The van der Waals surface area contributed by atoms with Gasteiger partial charge < -0.3 is 19.2 Å². The molecule has 0 unspecified atom stereocenters. The number of rotatable bonds is 6. The molecule has 2 heterocycles. The number of nitrogens with zero attached hydrogens (tertiary/aromatic N) is 1. The second kappa shape index (κ2) is 10.4. The highest BCUT2D eigenvalue weighted by molar-refractivity contribution is 9.10. The number of amides is 1. The van der Waals surface area contributed by atoms with Crippen molar-refractivity contribution < 1.29 is 19.1 Å². The van der Waals surface area contributed by atoms with Crippen molar-refractivity contribution in [3.05, 3.63) is 74.0 Å². The number of ether oxygens (including phenoxy) is 1. The lowest BCUT2D eigenvalue weighted by molar-refractivity contribution is -0.143. The van der Waals surface area contributed by atoms with Crippen LogP contribution in [0.1, 0.15) is 55.2 Å². The zero-order valence-corrected chi connectivity index (χ0v) is 22.2. The Hall–Kier alpha value is -2.64. The summed E-state index contributed by atoms with van der Waals surface area (Å²) in [6.07, 6.45) is 5.24. The van der Waals surface area contributed by atoms with Gasteiger partial charge in [-0.3, -0.25) is 4.79 Å². The Kier molecular flexibility index (Phi) is 7.22. The Labute approximate surface area is 219 Å². The molecule has 1 aliphatic carbocycles. The van der Waals surface area contributed by atoms with Gasteiger partial charge in [0.25, 0.3) is 0 Å². The van der Waals surface area contributed by atoms with E-state index in [1.165, 1.54) is 0 Å². The van der Waals surface area contributed by atoms with Gasteiger partial charge >= 0.3 is 5.63 Å². The second-order valence-corrected chi connectivity index (χ2v) is 11.0. The van der Waals surface area contributed by atoms with E-state index in [1.807, 2.05) is 48.2 Å². The van der Waals surface area contributed by atoms with Gasteiger partial charge in [0.2, 0.25) is 5.91 Å². The SMILES string of the molecule is Cc1c(CCC(=O)N2CC[C@]3(O)CCCC[C@H]3C2)c(=O)oc2cc(OCc3ccccc3Br)ccc12. The number of likely N-dealkylation sites (tertiary alicyclic amines) is 1. The summed E-state index contributed by atoms with van der Waals surface area (Å²) < 4.78 is 12.5. The van der Waals surface area contributed by atoms with Gasteiger partial charge in [0.1, 0.15) is 17.9 Å². The van der Waals surface area contributed by atoms with Crippen molar-refractivity contribution in [1.29, 1.82) is 0 Å². The van der Waals surface area contributed by atoms with Crippen LogP contribution in [-0.4, -0.2) is 34.6 Å². The average Bonchev–Trinajstić information content (AvgIpc) is 2.87. The zero-order valence-electron chi connectivity index (χ0n) is 20.6. The molecule has 1 aromatic heterocycles. The topological polar surface area (TPSA) is 80.0 Å². The number of carbonyl (C=O) groups is 1. The number of aryl methyl sites for hydroxylation is 1. The molecule has 1 amide bonds. The van der Waals surface area contributed by atoms with E-state index in [4.69, 9.17) is 9.15 Å². The molecule has 2 aliphatic rings. The van der Waals surface area contributed by atoms with Crippen LogP contribution in [0.25, 0.3) is 11.0 Å². The molecule has 7 heteroatoms. The van der Waals surface area contributed by atoms with Crippen molar-refractivity contribution in [3.63, 3.8) is 0 Å². The lowest BCUT2D eigenvalue weighted by atomic mass is 9.71. The van der Waals surface area contributed by atoms with E-state index in [2.05, 4.69) is 15.9 Å². The first-order valence-corrected chi connectivity index (χ1v) is 13.6. The van der Waals surface area contributed by atoms with Gasteiger partial charge in [-0.1, -0.05) is 47.0 Å². The van der Waals surface area contributed by atoms with Crippen LogP contribution in [0.15, 0.2) is 56.1 Å². The monoisotopic (exact) mass is 553 g/mol. The van der Waals surface area contributed by atoms with E-state index in [0.29, 0.717) is 49.4 Å². The Morgan fingerprint density at radius 3 is 2.89 bits per heavy atom. The number of piperidine rings is 1. The maximum absolute atomic E-state index is 13.0. The molecular formula is C29H32BrNO5. The number of halogens is 1. The van der Waals surface area contributed by atoms with Crippen molar-refractivity contribution in [1.82, 2.24) is 4.90 Å². The quantitative estimate of drug-likeness (QED) is 0.406. The van der Waals surface area contributed by atoms with E-state index in [-0.39, 0.29) is 18.2 Å². The maximum Gasteiger partial charge on any atom is 0.339 e. The number of benzene rings is 2. The van der Waals surface area contributed by atoms with Crippen LogP contribution in [-0.2, 0) is 17.8 Å². The first kappa shape index (κ1) is 25.0. The van der Waals surface area contributed by atoms with Crippen molar-refractivity contribution >= 4 is 32.8 Å². The largest absolute Gasteiger partial charge is 0.489 e. The van der Waals surface area contributed by atoms with Crippen molar-refractivity contribution in [2.24, 2.45) is 5.92 Å². The first-order valence-electron chi connectivity index (χ1n) is 12.8. The van der Waals surface area contributed by atoms with Gasteiger partial charge in [-0.25, -0.2) is 4.79 Å². The molecule has 190 valence electrons. The Balaban J connectivity index is 1.26. The minimum atomic E-state index is -0.606. The highest BCUT2D eigenvalue weighted by Crippen LogP contribution is 2.40. The summed E-state index contributed by atoms with van der Waals surface area (Å²) in [5, 5.41) is 11.7. The molecule has 2 fully saturated rings. The van der Waals surface area contributed by atoms with Crippen LogP contribution in [0.2, 0.25) is 0 Å². The van der Waals surface area contributed by atoms with Crippen molar-refractivity contribution in [2.45, 2.75) is 64.1 Å². The summed E-state index contributed by atoms with van der Waals surface area (Å²) in [5.74, 6) is 0.824. The molecule has 0 bridgehead atoms. The van der Waals surface area contributed by atoms with Crippen LogP contribution in [0.5, 0.6) is 5.75 Å². The number of aliphatic hydroxyl groups is 1. The molecule has 3 aromatic rings. The molecule has 1 saturated carbocycles. The number of fused-ring (bicyclic) bond motifs is 2. The third-order valence-corrected chi connectivity index (χ3v) is 8.75. The summed E-state index contributed by atoms with van der Waals surface area (Å²) in [6, 6.07) is 13.4. The zero-order chi connectivity index (χ0) is 25.3. The van der Waals surface area contributed by atoms with Gasteiger partial charge in [-0.2, -0.15) is 0 Å². The molecule has 6 nitrogen and oxygen atoms in total. The number of carbonyl (C=O) groups excluding carboxylic acids is 1. The molecule has 0 spiro atoms. The highest BCUT2D eigenvalue weighted by Gasteiger charge is 2.43. The average molecular weight is 554 g/mol. The van der Waals surface area contributed by atoms with E-state index in [1.54, 1.807) is 6.07 Å². The highest BCUT2D eigenvalue weighted by atomic mass is 79.9. The molecule has 0 radical (unpaired) electrons. The first-order chi connectivity index (χ1) is 17.3. The second-order valence-electron chi connectivity index (χ2n) is 10.2. The van der Waals surface area contributed by atoms with Crippen molar-refractivity contribution in [3.8, 4) is 5.75 Å². The molecule has 2 atom stereocenters. The smallest absolute Gasteiger partial charge is 0.339 e. The molecule has 2 aromatic carbocycles. The summed E-state index contributed by atoms with van der Waals surface area (Å²) in [6.45, 7) is 3.50. The van der Waals surface area contributed by atoms with Crippen LogP contribution < -0.4 is 10.4 Å². The van der Waals surface area contributed by atoms with Gasteiger partial charge in [0, 0.05) is 52.5 Å². The minimum absolute atomic E-state index is 0.0392. The number of hydrogen-bond donors (Lipinski definition) is 1. The minimum Gasteiger partial charge on any atom is -0.489 e. The van der Waals surface area contributed by atoms with E-state index in [0.717, 1.165) is 46.7 Å². The fourth-order valence-corrected chi connectivity index (χ4v) is 6.12. The standard InChI is InChI=1S/C29H32BrNO5/c1-19-23-10-9-22(35-18-20-6-2-3-8-25(20)30)16-26(23)36-28(33)24(19)11-12-27(32)31-15-14-29(34)13-5-4-7-21(29)17-31/h2-3,6,8-10,16,21,34H,4-5,7,11-15,17-18H2,1H3/t21-,29+/m0/s1. The maximum atomic E-state index is 13.0. The van der Waals surface area contributed by atoms with E-state index < -0.39 is 11.2 Å². The Morgan fingerprint density at radius 1 is 1.22 bits per heavy atom. The van der Waals surface area contributed by atoms with Gasteiger partial charge in [0.15, 0.2) is 0 Å². The Bertz CT molecular complexity index is 1330. The van der Waals surface area contributed by atoms with Crippen LogP contribution in [0, 0.1) is 12.8 Å². The van der Waals surface area contributed by atoms with Crippen LogP contribution in [0.3, 0.4) is 0 Å². The lowest BCUT2D eigenvalue weighted by Gasteiger charge is -2.47. The summed E-state index contributed by atoms with van der Waals surface area (Å²) in [7, 11) is 0. The summed E-state index contributed by atoms with van der Waals surface area (Å²) >= 11 is 3.53. The van der Waals surface area contributed by atoms with E-state index in [9.17, 15) is 14.7 Å². The summed E-state index contributed by atoms with van der Waals surface area (Å²) in [5.41, 5.74) is 1.87. The fourth-order valence-electron chi connectivity index (χ4n) is 5.72. The Morgan fingerprint density at radius 2 is 2.06 bits per heavy atom. The van der Waals surface area contributed by atoms with Crippen LogP contribution in [0.4, 0.5) is 0 Å². The number of hydrogen-bond acceptors (Lipinski definition) is 5. The summed E-state index contributed by atoms with van der Waals surface area (Å²) in [4.78, 5) is 27.7. The normalized spacial score (nSPS) is 21.9. The van der Waals surface area contributed by atoms with Crippen molar-refractivity contribution in [2.75, 3.05) is 13.1 Å². The van der Waals surface area contributed by atoms with E-state index >= 15 is 0 Å². The molecule has 1 N–H and O–H groups in total. The molecule has 36 heavy (non-hydrogen) atoms. The predicted molar refractivity (Wildman–Crippen MR) is 142 cm³/mol. The molecule has 1 saturated heterocycles. The predicted octanol–water partition coefficient (Wildman–Crippen LogP) is 5.53. The fraction of sp³-hybridized carbons (Fsp3) is 0.448. The third-order valence-electron chi connectivity index (χ3n) is 7.98. The van der Waals surface area contributed by atoms with Gasteiger partial charge in [-0.15, -0.1) is 0 Å². The van der Waals surface area contributed by atoms with Gasteiger partial charge in [-0.05, 0) is 56.4 Å². The molecule has 5 rings (SSSR count). The van der Waals surface area contributed by atoms with Crippen LogP contribution >= 0.6 is 15.9 Å². The lowest BCUT2D eigenvalue weighted by Crippen LogP contribution is -2.54. The molecular weight excluding hydrogens is 522 g/mol. The molecule has 1 aliphatic heterocycles. The van der Waals surface area contributed by atoms with Gasteiger partial charge in [0.05, 0.1) is 5.60 Å².